The second kappa shape index (κ2) is 34.9. The molecule has 110 heavy (non-hydrogen) atoms. The highest BCUT2D eigenvalue weighted by Gasteiger charge is 2.53. The summed E-state index contributed by atoms with van der Waals surface area (Å²) >= 11 is 16.7. The lowest BCUT2D eigenvalue weighted by Crippen LogP contribution is -2.44. The van der Waals surface area contributed by atoms with E-state index in [1.165, 1.54) is 63.2 Å². The number of hydrogen-bond acceptors (Lipinski definition) is 18. The van der Waals surface area contributed by atoms with Crippen molar-refractivity contribution < 1.29 is 80.0 Å². The molecule has 0 bridgehead atoms. The normalized spacial score (nSPS) is 15.2. The molecule has 0 radical (unpaired) electrons. The fourth-order valence-electron chi connectivity index (χ4n) is 11.5. The van der Waals surface area contributed by atoms with Gasteiger partial charge in [-0.15, -0.1) is 0 Å². The van der Waals surface area contributed by atoms with E-state index in [2.05, 4.69) is 14.5 Å². The number of sulfone groups is 3. The number of phenols is 1. The van der Waals surface area contributed by atoms with Gasteiger partial charge in [0.05, 0.1) is 61.7 Å². The third-order valence-corrected chi connectivity index (χ3v) is 22.8. The predicted molar refractivity (Wildman–Crippen MR) is 431 cm³/mol. The Labute approximate surface area is 655 Å². The Morgan fingerprint density at radius 1 is 0.418 bits per heavy atom. The van der Waals surface area contributed by atoms with E-state index >= 15 is 0 Å². The Hall–Kier alpha value is -9.96. The number of hydrogen-bond donors (Lipinski definition) is 1. The zero-order valence-electron chi connectivity index (χ0n) is 62.2. The Morgan fingerprint density at radius 2 is 0.709 bits per heavy atom. The molecule has 3 heterocycles. The number of carbonyl (C=O) groups is 3. The molecule has 0 unspecified atom stereocenters. The van der Waals surface area contributed by atoms with Gasteiger partial charge in [-0.1, -0.05) is 35.9 Å². The van der Waals surface area contributed by atoms with E-state index in [1.54, 1.807) is 156 Å². The van der Waals surface area contributed by atoms with Crippen LogP contribution in [0.4, 0.5) is 64.4 Å². The molecule has 3 amide bonds. The van der Waals surface area contributed by atoms with E-state index in [9.17, 15) is 66.3 Å². The zero-order chi connectivity index (χ0) is 82.1. The van der Waals surface area contributed by atoms with Gasteiger partial charge in [0.2, 0.25) is 0 Å². The van der Waals surface area contributed by atoms with Crippen molar-refractivity contribution in [2.45, 2.75) is 110 Å². The molecule has 0 aromatic heterocycles. The fourth-order valence-corrected chi connectivity index (χ4v) is 15.9. The minimum Gasteiger partial charge on any atom is -0.505 e. The van der Waals surface area contributed by atoms with Crippen molar-refractivity contribution in [1.29, 1.82) is 0 Å². The Kier molecular flexibility index (Phi) is 27.7. The summed E-state index contributed by atoms with van der Waals surface area (Å²) in [5.74, 6) is -3.55. The van der Waals surface area contributed by atoms with Gasteiger partial charge in [0.15, 0.2) is 67.1 Å². The molecule has 3 saturated heterocycles. The van der Waals surface area contributed by atoms with E-state index in [1.807, 2.05) is 6.92 Å². The summed E-state index contributed by atoms with van der Waals surface area (Å²) in [5, 5.41) is 10.0. The molecule has 582 valence electrons. The van der Waals surface area contributed by atoms with Crippen molar-refractivity contribution in [2.24, 2.45) is 0 Å². The minimum atomic E-state index is -3.79. The topological polar surface area (TPSA) is 268 Å². The molecule has 3 aliphatic rings. The third-order valence-electron chi connectivity index (χ3n) is 17.3. The number of nitrogens with zero attached hydrogens (tertiary/aromatic N) is 9. The number of anilines is 6. The van der Waals surface area contributed by atoms with E-state index in [0.717, 1.165) is 47.1 Å². The maximum atomic E-state index is 14.8. The molecule has 7 aromatic rings. The van der Waals surface area contributed by atoms with Crippen LogP contribution < -0.4 is 38.9 Å². The quantitative estimate of drug-likeness (QED) is 0.0286. The Morgan fingerprint density at radius 3 is 0.991 bits per heavy atom. The molecule has 0 atom stereocenters. The van der Waals surface area contributed by atoms with E-state index in [0.29, 0.717) is 51.2 Å². The summed E-state index contributed by atoms with van der Waals surface area (Å²) in [6.07, 6.45) is 4.02. The minimum absolute atomic E-state index is 0.0105. The molecule has 0 aliphatic carbocycles. The number of halogens is 3. The molecule has 0 spiro atoms. The summed E-state index contributed by atoms with van der Waals surface area (Å²) in [4.78, 5) is 58.8. The number of ether oxygens (including phenoxy) is 2. The van der Waals surface area contributed by atoms with Gasteiger partial charge < -0.3 is 29.3 Å². The summed E-state index contributed by atoms with van der Waals surface area (Å²) in [5.41, 5.74) is 4.20. The van der Waals surface area contributed by atoms with Gasteiger partial charge in [0.1, 0.15) is 46.1 Å². The summed E-state index contributed by atoms with van der Waals surface area (Å²) in [6.45, 7) is 39.0. The number of aryl methyl sites for hydroxylation is 4. The molecular formula is C76H80F3N9O15S7. The molecule has 3 fully saturated rings. The molecule has 34 heteroatoms. The molecule has 10 rings (SSSR count). The highest BCUT2D eigenvalue weighted by Crippen LogP contribution is 2.43. The highest BCUT2D eigenvalue weighted by atomic mass is 32.2. The zero-order valence-corrected chi connectivity index (χ0v) is 68.0. The van der Waals surface area contributed by atoms with Crippen LogP contribution in [-0.2, 0) is 58.2 Å². The Balaban J connectivity index is 0.000000209. The summed E-state index contributed by atoms with van der Waals surface area (Å²) < 4.78 is 149. The smallest absolute Gasteiger partial charge is 0.296 e. The first-order valence-corrected chi connectivity index (χ1v) is 42.3. The van der Waals surface area contributed by atoms with Crippen molar-refractivity contribution >= 4 is 161 Å². The molecule has 0 saturated carbocycles. The van der Waals surface area contributed by atoms with Gasteiger partial charge in [0.25, 0.3) is 27.8 Å². The lowest BCUT2D eigenvalue weighted by molar-refractivity contribution is -0.121. The standard InChI is InChI=1S/2C23H24FN3O4S2.C19H16FN3O2S.C11H16O5S2/c2*1-15-13-16(7-9-19(15)25-4)26-21(28)23(2,3)27(22(26)32)17-8-10-20(18(24)14-17)31-11-6-12-33(5,29)30;1-11-9-12(5-7-15(11)21-4)22-17(25)19(2,3)23(18(22)26)13-6-8-16(24)14(20)10-13;1-10-4-6-11(7-5-10)18(14,15)16-8-3-9-17(2,12)13/h2*7-10,13-14H,6,11-12H2,1-3,5H3;5-10,24H,1-3H3;4-7H,3,8-9H2,1-2H3. The van der Waals surface area contributed by atoms with Crippen LogP contribution in [0.1, 0.15) is 83.1 Å². The van der Waals surface area contributed by atoms with Crippen molar-refractivity contribution in [3.05, 3.63) is 207 Å². The van der Waals surface area contributed by atoms with Crippen LogP contribution in [0.25, 0.3) is 14.5 Å². The SMILES string of the molecule is Cc1ccc(S(=O)(=O)OCCCS(C)(=O)=O)cc1.[C-]#[N+]c1ccc(N2C(=O)C(C)(C)N(c3ccc(O)c(F)c3)C2=S)cc1C.[C-]#[N+]c1ccc(N2C(=O)C(C)(C)N(c3ccc(OCCCS(C)(=O)=O)c(F)c3)C2=S)cc1C.[C-]#[N+]c1ccc(N2C(=O)C(C)(C)N(c3ccc(OCCCS(C)(=O)=O)c(F)c3)C2=S)cc1C. The van der Waals surface area contributed by atoms with E-state index in [-0.39, 0.29) is 106 Å². The lowest BCUT2D eigenvalue weighted by atomic mass is 10.0. The van der Waals surface area contributed by atoms with E-state index < -0.39 is 79.4 Å². The van der Waals surface area contributed by atoms with Gasteiger partial charge >= 0.3 is 0 Å². The second-order valence-electron chi connectivity index (χ2n) is 27.3. The highest BCUT2D eigenvalue weighted by molar-refractivity contribution is 7.91. The van der Waals surface area contributed by atoms with E-state index in [4.69, 9.17) is 70.0 Å². The number of rotatable bonds is 22. The number of phenolic OH excluding ortho intramolecular Hbond substituents is 1. The fraction of sp³-hybridized carbons (Fsp3) is 0.329. The van der Waals surface area contributed by atoms with Crippen molar-refractivity contribution in [3.63, 3.8) is 0 Å². The number of carbonyl (C=O) groups excluding carboxylic acids is 3. The number of aromatic hydroxyl groups is 1. The number of thiocarbonyl (C=S) groups is 3. The average Bonchev–Trinajstić information content (AvgIpc) is 1.60. The number of amides is 3. The molecule has 3 aliphatic heterocycles. The van der Waals surface area contributed by atoms with Gasteiger partial charge in [-0.25, -0.2) is 53.0 Å². The van der Waals surface area contributed by atoms with Gasteiger partial charge in [-0.3, -0.25) is 33.3 Å². The summed E-state index contributed by atoms with van der Waals surface area (Å²) in [6, 6.07) is 33.8. The first kappa shape index (κ1) is 87.3. The number of benzene rings is 7. The van der Waals surface area contributed by atoms with Crippen LogP contribution in [0.3, 0.4) is 0 Å². The van der Waals surface area contributed by atoms with Crippen molar-refractivity contribution in [1.82, 2.24) is 0 Å². The first-order valence-electron chi connectivity index (χ1n) is 33.5. The van der Waals surface area contributed by atoms with Crippen LogP contribution in [0.2, 0.25) is 0 Å². The lowest BCUT2D eigenvalue weighted by Gasteiger charge is -2.29. The monoisotopic (exact) mass is 1640 g/mol. The van der Waals surface area contributed by atoms with Gasteiger partial charge in [0, 0.05) is 71.1 Å². The van der Waals surface area contributed by atoms with Crippen LogP contribution in [0.15, 0.2) is 138 Å². The summed E-state index contributed by atoms with van der Waals surface area (Å²) in [7, 11) is -13.1. The largest absolute Gasteiger partial charge is 0.505 e. The van der Waals surface area contributed by atoms with Gasteiger partial charge in [-0.2, -0.15) is 8.42 Å². The first-order chi connectivity index (χ1) is 51.1. The average molecular weight is 1640 g/mol. The van der Waals surface area contributed by atoms with Crippen LogP contribution in [0, 0.1) is 64.9 Å². The van der Waals surface area contributed by atoms with Crippen molar-refractivity contribution in [3.8, 4) is 17.2 Å². The third kappa shape index (κ3) is 20.7. The maximum Gasteiger partial charge on any atom is 0.296 e. The predicted octanol–water partition coefficient (Wildman–Crippen LogP) is 14.3. The second-order valence-corrected chi connectivity index (χ2v) is 36.8. The van der Waals surface area contributed by atoms with Crippen molar-refractivity contribution in [2.75, 3.05) is 85.2 Å². The Bertz CT molecular complexity index is 5220. The van der Waals surface area contributed by atoms with Crippen LogP contribution >= 0.6 is 36.7 Å². The van der Waals surface area contributed by atoms with Gasteiger partial charge in [-0.05, 0) is 227 Å². The molecule has 24 nitrogen and oxygen atoms in total. The molecule has 1 N–H and O–H groups in total. The maximum absolute atomic E-state index is 14.8. The van der Waals surface area contributed by atoms with Crippen LogP contribution in [0.5, 0.6) is 17.2 Å². The molecule has 7 aromatic carbocycles. The van der Waals surface area contributed by atoms with Crippen LogP contribution in [-0.4, -0.2) is 144 Å². The molecular weight excluding hydrogens is 1560 g/mol.